The summed E-state index contributed by atoms with van der Waals surface area (Å²) < 4.78 is 2.21. The van der Waals surface area contributed by atoms with E-state index in [1.807, 2.05) is 25.1 Å². The van der Waals surface area contributed by atoms with Crippen molar-refractivity contribution in [1.82, 2.24) is 19.4 Å². The summed E-state index contributed by atoms with van der Waals surface area (Å²) in [5, 5.41) is 3.09. The lowest BCUT2D eigenvalue weighted by Gasteiger charge is -2.18. The Bertz CT molecular complexity index is 1050. The zero-order chi connectivity index (χ0) is 21.1. The van der Waals surface area contributed by atoms with E-state index in [1.165, 1.54) is 12.0 Å². The van der Waals surface area contributed by atoms with Gasteiger partial charge < -0.3 is 9.88 Å². The van der Waals surface area contributed by atoms with Gasteiger partial charge in [0.05, 0.1) is 5.56 Å². The molecule has 1 amide bonds. The predicted octanol–water partition coefficient (Wildman–Crippen LogP) is 4.56. The SMILES string of the molecule is CCN(CC)Cc1cccc(NC(=O)c2cc(C)nc3c2nc2n3CCCCC2)c1. The van der Waals surface area contributed by atoms with Crippen molar-refractivity contribution >= 4 is 22.8 Å². The summed E-state index contributed by atoms with van der Waals surface area (Å²) in [5.74, 6) is 0.926. The minimum atomic E-state index is -0.126. The van der Waals surface area contributed by atoms with Gasteiger partial charge in [0.25, 0.3) is 5.91 Å². The van der Waals surface area contributed by atoms with Crippen LogP contribution >= 0.6 is 0 Å². The fourth-order valence-corrected chi connectivity index (χ4v) is 4.24. The number of aryl methyl sites for hydroxylation is 3. The Labute approximate surface area is 178 Å². The molecule has 0 saturated heterocycles. The molecule has 0 fully saturated rings. The van der Waals surface area contributed by atoms with Gasteiger partial charge in [-0.15, -0.1) is 0 Å². The number of nitrogens with zero attached hydrogens (tertiary/aromatic N) is 4. The van der Waals surface area contributed by atoms with Crippen LogP contribution in [0.25, 0.3) is 11.2 Å². The summed E-state index contributed by atoms with van der Waals surface area (Å²) in [6.07, 6.45) is 4.44. The number of nitrogens with one attached hydrogen (secondary N) is 1. The number of amides is 1. The van der Waals surface area contributed by atoms with Crippen molar-refractivity contribution in [3.8, 4) is 0 Å². The zero-order valence-electron chi connectivity index (χ0n) is 18.2. The largest absolute Gasteiger partial charge is 0.322 e. The van der Waals surface area contributed by atoms with Crippen LogP contribution < -0.4 is 5.32 Å². The van der Waals surface area contributed by atoms with E-state index in [0.717, 1.165) is 68.3 Å². The maximum Gasteiger partial charge on any atom is 0.258 e. The quantitative estimate of drug-likeness (QED) is 0.653. The Kier molecular flexibility index (Phi) is 6.13. The van der Waals surface area contributed by atoms with Gasteiger partial charge in [-0.1, -0.05) is 32.4 Å². The van der Waals surface area contributed by atoms with Gasteiger partial charge in [0.15, 0.2) is 5.65 Å². The molecule has 3 heterocycles. The molecule has 1 aromatic carbocycles. The normalized spacial score (nSPS) is 14.0. The molecule has 6 nitrogen and oxygen atoms in total. The van der Waals surface area contributed by atoms with E-state index in [4.69, 9.17) is 9.97 Å². The average Bonchev–Trinajstić information content (AvgIpc) is 2.92. The molecule has 1 aliphatic heterocycles. The van der Waals surface area contributed by atoms with Crippen LogP contribution in [0.5, 0.6) is 0 Å². The number of carbonyl (C=O) groups is 1. The highest BCUT2D eigenvalue weighted by atomic mass is 16.1. The number of rotatable bonds is 6. The van der Waals surface area contributed by atoms with Crippen molar-refractivity contribution in [1.29, 1.82) is 0 Å². The van der Waals surface area contributed by atoms with Crippen LogP contribution in [-0.2, 0) is 19.5 Å². The number of anilines is 1. The Morgan fingerprint density at radius 2 is 1.97 bits per heavy atom. The first-order chi connectivity index (χ1) is 14.6. The van der Waals surface area contributed by atoms with Crippen molar-refractivity contribution in [2.45, 2.75) is 59.5 Å². The molecule has 0 spiro atoms. The standard InChI is InChI=1S/C24H31N5O/c1-4-28(5-2)16-18-10-9-11-19(15-18)26-24(30)20-14-17(3)25-23-22(20)27-21-12-7-6-8-13-29(21)23/h9-11,14-15H,4-8,12-13,16H2,1-3H3,(H,26,30). The molecule has 6 heteroatoms. The molecule has 0 radical (unpaired) electrons. The zero-order valence-corrected chi connectivity index (χ0v) is 18.2. The Balaban J connectivity index is 1.63. The number of imidazole rings is 1. The van der Waals surface area contributed by atoms with Crippen molar-refractivity contribution in [2.24, 2.45) is 0 Å². The fourth-order valence-electron chi connectivity index (χ4n) is 4.24. The van der Waals surface area contributed by atoms with Gasteiger partial charge in [0.1, 0.15) is 11.3 Å². The molecule has 0 saturated carbocycles. The van der Waals surface area contributed by atoms with Gasteiger partial charge in [-0.05, 0) is 56.6 Å². The fraction of sp³-hybridized carbons (Fsp3) is 0.458. The molecule has 3 aromatic rings. The Morgan fingerprint density at radius 3 is 2.77 bits per heavy atom. The van der Waals surface area contributed by atoms with Crippen molar-refractivity contribution in [2.75, 3.05) is 18.4 Å². The van der Waals surface area contributed by atoms with Gasteiger partial charge in [0.2, 0.25) is 0 Å². The Morgan fingerprint density at radius 1 is 1.13 bits per heavy atom. The average molecular weight is 406 g/mol. The second kappa shape index (κ2) is 8.96. The molecule has 1 N–H and O–H groups in total. The summed E-state index contributed by atoms with van der Waals surface area (Å²) in [7, 11) is 0. The van der Waals surface area contributed by atoms with Crippen LogP contribution in [-0.4, -0.2) is 38.4 Å². The molecule has 0 aliphatic carbocycles. The number of carbonyl (C=O) groups excluding carboxylic acids is 1. The van der Waals surface area contributed by atoms with Gasteiger partial charge in [0, 0.05) is 30.9 Å². The number of hydrogen-bond acceptors (Lipinski definition) is 4. The monoisotopic (exact) mass is 405 g/mol. The summed E-state index contributed by atoms with van der Waals surface area (Å²) in [4.78, 5) is 25.1. The predicted molar refractivity (Wildman–Crippen MR) is 121 cm³/mol. The van der Waals surface area contributed by atoms with Gasteiger partial charge in [-0.2, -0.15) is 0 Å². The second-order valence-electron chi connectivity index (χ2n) is 8.09. The van der Waals surface area contributed by atoms with Crippen LogP contribution in [0.4, 0.5) is 5.69 Å². The lowest BCUT2D eigenvalue weighted by atomic mass is 10.1. The molecule has 4 rings (SSSR count). The van der Waals surface area contributed by atoms with Crippen molar-refractivity contribution in [3.05, 3.63) is 53.0 Å². The molecule has 158 valence electrons. The van der Waals surface area contributed by atoms with E-state index in [2.05, 4.69) is 40.8 Å². The summed E-state index contributed by atoms with van der Waals surface area (Å²) in [5.41, 5.74) is 5.01. The third-order valence-corrected chi connectivity index (χ3v) is 5.92. The van der Waals surface area contributed by atoms with Crippen molar-refractivity contribution < 1.29 is 4.79 Å². The molecule has 0 bridgehead atoms. The van der Waals surface area contributed by atoms with Gasteiger partial charge in [-0.25, -0.2) is 9.97 Å². The number of benzene rings is 1. The van der Waals surface area contributed by atoms with E-state index in [1.54, 1.807) is 0 Å². The number of hydrogen-bond donors (Lipinski definition) is 1. The number of aromatic nitrogens is 3. The first kappa shape index (κ1) is 20.5. The van der Waals surface area contributed by atoms with Crippen molar-refractivity contribution in [3.63, 3.8) is 0 Å². The van der Waals surface area contributed by atoms with E-state index in [-0.39, 0.29) is 5.91 Å². The maximum atomic E-state index is 13.2. The van der Waals surface area contributed by atoms with Crippen LogP contribution in [0.3, 0.4) is 0 Å². The van der Waals surface area contributed by atoms with E-state index < -0.39 is 0 Å². The lowest BCUT2D eigenvalue weighted by molar-refractivity contribution is 0.102. The number of pyridine rings is 1. The third-order valence-electron chi connectivity index (χ3n) is 5.92. The summed E-state index contributed by atoms with van der Waals surface area (Å²) in [6.45, 7) is 10.1. The molecule has 0 unspecified atom stereocenters. The molecular weight excluding hydrogens is 374 g/mol. The van der Waals surface area contributed by atoms with Crippen LogP contribution in [0.2, 0.25) is 0 Å². The first-order valence-electron chi connectivity index (χ1n) is 11.1. The minimum absolute atomic E-state index is 0.126. The molecule has 2 aromatic heterocycles. The van der Waals surface area contributed by atoms with E-state index in [9.17, 15) is 4.79 Å². The van der Waals surface area contributed by atoms with Crippen LogP contribution in [0, 0.1) is 6.92 Å². The topological polar surface area (TPSA) is 63.1 Å². The van der Waals surface area contributed by atoms with Crippen LogP contribution in [0.1, 0.15) is 60.5 Å². The second-order valence-corrected chi connectivity index (χ2v) is 8.09. The smallest absolute Gasteiger partial charge is 0.258 e. The minimum Gasteiger partial charge on any atom is -0.322 e. The highest BCUT2D eigenvalue weighted by Crippen LogP contribution is 2.25. The molecule has 1 aliphatic rings. The van der Waals surface area contributed by atoms with Gasteiger partial charge >= 0.3 is 0 Å². The highest BCUT2D eigenvalue weighted by molar-refractivity contribution is 6.11. The maximum absolute atomic E-state index is 13.2. The Hall–Kier alpha value is -2.73. The van der Waals surface area contributed by atoms with Gasteiger partial charge in [-0.3, -0.25) is 9.69 Å². The van der Waals surface area contributed by atoms with E-state index in [0.29, 0.717) is 11.1 Å². The highest BCUT2D eigenvalue weighted by Gasteiger charge is 2.21. The molecular formula is C24H31N5O. The number of fused-ring (bicyclic) bond motifs is 3. The lowest BCUT2D eigenvalue weighted by Crippen LogP contribution is -2.22. The van der Waals surface area contributed by atoms with Crippen LogP contribution in [0.15, 0.2) is 30.3 Å². The third kappa shape index (κ3) is 4.24. The molecule has 0 atom stereocenters. The van der Waals surface area contributed by atoms with E-state index >= 15 is 0 Å². The summed E-state index contributed by atoms with van der Waals surface area (Å²) in [6, 6.07) is 9.96. The summed E-state index contributed by atoms with van der Waals surface area (Å²) >= 11 is 0. The first-order valence-corrected chi connectivity index (χ1v) is 11.1. The molecule has 30 heavy (non-hydrogen) atoms.